The number of fused-ring (bicyclic) bond motifs is 1. The number of piperazine rings is 1. The van der Waals surface area contributed by atoms with Crippen molar-refractivity contribution in [2.24, 2.45) is 0 Å². The van der Waals surface area contributed by atoms with Crippen molar-refractivity contribution in [3.05, 3.63) is 88.8 Å². The molecule has 0 spiro atoms. The van der Waals surface area contributed by atoms with Gasteiger partial charge in [0.1, 0.15) is 11.6 Å². The summed E-state index contributed by atoms with van der Waals surface area (Å²) in [6.45, 7) is 7.93. The largest absolute Gasteiger partial charge is 0.573 e. The van der Waals surface area contributed by atoms with E-state index in [1.165, 1.54) is 29.8 Å². The first-order valence-electron chi connectivity index (χ1n) is 13.5. The van der Waals surface area contributed by atoms with Gasteiger partial charge in [-0.2, -0.15) is 0 Å². The van der Waals surface area contributed by atoms with Gasteiger partial charge in [-0.15, -0.1) is 13.2 Å². The van der Waals surface area contributed by atoms with Crippen LogP contribution in [0.2, 0.25) is 5.02 Å². The molecule has 0 N–H and O–H groups in total. The molecule has 0 bridgehead atoms. The van der Waals surface area contributed by atoms with Crippen LogP contribution >= 0.6 is 11.6 Å². The molecule has 1 saturated heterocycles. The van der Waals surface area contributed by atoms with E-state index in [1.807, 2.05) is 0 Å². The third kappa shape index (κ3) is 6.97. The van der Waals surface area contributed by atoms with Gasteiger partial charge in [-0.25, -0.2) is 4.39 Å². The number of aryl methyl sites for hydroxylation is 1. The summed E-state index contributed by atoms with van der Waals surface area (Å²) in [5, 5.41) is 1.67. The van der Waals surface area contributed by atoms with E-state index < -0.39 is 6.36 Å². The Morgan fingerprint density at radius 2 is 1.57 bits per heavy atom. The maximum Gasteiger partial charge on any atom is 0.573 e. The van der Waals surface area contributed by atoms with Crippen LogP contribution in [0.3, 0.4) is 0 Å². The lowest BCUT2D eigenvalue weighted by Crippen LogP contribution is -2.45. The summed E-state index contributed by atoms with van der Waals surface area (Å²) < 4.78 is 57.8. The van der Waals surface area contributed by atoms with Crippen LogP contribution in [0.15, 0.2) is 66.9 Å². The highest BCUT2D eigenvalue weighted by molar-refractivity contribution is 6.31. The van der Waals surface area contributed by atoms with Crippen molar-refractivity contribution in [3.63, 3.8) is 0 Å². The van der Waals surface area contributed by atoms with Gasteiger partial charge in [0.2, 0.25) is 0 Å². The second kappa shape index (κ2) is 12.2. The van der Waals surface area contributed by atoms with Crippen LogP contribution in [-0.4, -0.2) is 46.9 Å². The minimum absolute atomic E-state index is 0.231. The number of nitrogens with zero attached hydrogens (tertiary/aromatic N) is 3. The Labute approximate surface area is 236 Å². The Morgan fingerprint density at radius 1 is 0.875 bits per heavy atom. The first-order chi connectivity index (χ1) is 19.2. The van der Waals surface area contributed by atoms with E-state index in [0.717, 1.165) is 79.7 Å². The van der Waals surface area contributed by atoms with E-state index in [0.29, 0.717) is 11.6 Å². The number of halogens is 5. The molecule has 1 aromatic heterocycles. The molecule has 40 heavy (non-hydrogen) atoms. The van der Waals surface area contributed by atoms with Gasteiger partial charge in [0.25, 0.3) is 0 Å². The predicted molar refractivity (Wildman–Crippen MR) is 151 cm³/mol. The van der Waals surface area contributed by atoms with E-state index in [2.05, 4.69) is 50.4 Å². The van der Waals surface area contributed by atoms with Gasteiger partial charge in [0.15, 0.2) is 0 Å². The highest BCUT2D eigenvalue weighted by Crippen LogP contribution is 2.34. The SMILES string of the molecule is CCCCn1cc(-c2ccc(OC(F)(F)F)cc2)c2cc(CN3CCN(Cc4cc(F)ccc4Cl)CC3)ccc21. The summed E-state index contributed by atoms with van der Waals surface area (Å²) in [5.41, 5.74) is 4.93. The summed E-state index contributed by atoms with van der Waals surface area (Å²) in [4.78, 5) is 4.69. The quantitative estimate of drug-likeness (QED) is 0.189. The molecule has 0 saturated carbocycles. The van der Waals surface area contributed by atoms with E-state index >= 15 is 0 Å². The van der Waals surface area contributed by atoms with Crippen LogP contribution in [0.4, 0.5) is 17.6 Å². The molecular weight excluding hydrogens is 542 g/mol. The van der Waals surface area contributed by atoms with E-state index in [-0.39, 0.29) is 11.6 Å². The summed E-state index contributed by atoms with van der Waals surface area (Å²) in [7, 11) is 0. The summed E-state index contributed by atoms with van der Waals surface area (Å²) in [6.07, 6.45) is -0.521. The zero-order valence-electron chi connectivity index (χ0n) is 22.4. The second-order valence-electron chi connectivity index (χ2n) is 10.3. The van der Waals surface area contributed by atoms with Crippen LogP contribution in [0, 0.1) is 5.82 Å². The number of hydrogen-bond donors (Lipinski definition) is 0. The topological polar surface area (TPSA) is 20.6 Å². The number of unbranched alkanes of at least 4 members (excludes halogenated alkanes) is 1. The third-order valence-electron chi connectivity index (χ3n) is 7.37. The normalized spacial score (nSPS) is 15.2. The van der Waals surface area contributed by atoms with Crippen molar-refractivity contribution in [1.82, 2.24) is 14.4 Å². The molecule has 0 amide bonds. The minimum Gasteiger partial charge on any atom is -0.406 e. The van der Waals surface area contributed by atoms with Crippen LogP contribution in [-0.2, 0) is 19.6 Å². The van der Waals surface area contributed by atoms with Crippen molar-refractivity contribution in [2.75, 3.05) is 26.2 Å². The van der Waals surface area contributed by atoms with Crippen LogP contribution in [0.25, 0.3) is 22.0 Å². The van der Waals surface area contributed by atoms with Gasteiger partial charge >= 0.3 is 6.36 Å². The van der Waals surface area contributed by atoms with Crippen molar-refractivity contribution in [3.8, 4) is 16.9 Å². The molecule has 0 atom stereocenters. The Bertz CT molecular complexity index is 1440. The lowest BCUT2D eigenvalue weighted by Gasteiger charge is -2.35. The first-order valence-corrected chi connectivity index (χ1v) is 13.9. The molecule has 212 valence electrons. The molecule has 0 aliphatic carbocycles. The summed E-state index contributed by atoms with van der Waals surface area (Å²) in [5.74, 6) is -0.507. The molecule has 4 aromatic rings. The summed E-state index contributed by atoms with van der Waals surface area (Å²) in [6, 6.07) is 17.1. The van der Waals surface area contributed by atoms with Crippen molar-refractivity contribution in [2.45, 2.75) is 45.8 Å². The van der Waals surface area contributed by atoms with Gasteiger partial charge in [-0.1, -0.05) is 43.1 Å². The number of alkyl halides is 3. The Kier molecular flexibility index (Phi) is 8.68. The van der Waals surface area contributed by atoms with Gasteiger partial charge in [-0.3, -0.25) is 9.80 Å². The molecule has 0 unspecified atom stereocenters. The van der Waals surface area contributed by atoms with Crippen molar-refractivity contribution >= 4 is 22.5 Å². The molecule has 1 aliphatic heterocycles. The average Bonchev–Trinajstić information content (AvgIpc) is 3.28. The fourth-order valence-corrected chi connectivity index (χ4v) is 5.47. The highest BCUT2D eigenvalue weighted by Gasteiger charge is 2.31. The minimum atomic E-state index is -4.72. The predicted octanol–water partition coefficient (Wildman–Crippen LogP) is 8.12. The maximum atomic E-state index is 13.7. The zero-order chi connectivity index (χ0) is 28.3. The maximum absolute atomic E-state index is 13.7. The highest BCUT2D eigenvalue weighted by atomic mass is 35.5. The fourth-order valence-electron chi connectivity index (χ4n) is 5.29. The van der Waals surface area contributed by atoms with Gasteiger partial charge < -0.3 is 9.30 Å². The number of hydrogen-bond acceptors (Lipinski definition) is 3. The molecule has 2 heterocycles. The number of aromatic nitrogens is 1. The molecule has 3 aromatic carbocycles. The number of benzene rings is 3. The fraction of sp³-hybridized carbons (Fsp3) is 0.355. The van der Waals surface area contributed by atoms with Crippen LogP contribution < -0.4 is 4.74 Å². The number of ether oxygens (including phenoxy) is 1. The molecule has 1 fully saturated rings. The van der Waals surface area contributed by atoms with Crippen molar-refractivity contribution < 1.29 is 22.3 Å². The van der Waals surface area contributed by atoms with Crippen LogP contribution in [0.5, 0.6) is 5.75 Å². The monoisotopic (exact) mass is 573 g/mol. The average molecular weight is 574 g/mol. The first kappa shape index (κ1) is 28.5. The van der Waals surface area contributed by atoms with Gasteiger partial charge in [0.05, 0.1) is 0 Å². The Balaban J connectivity index is 1.31. The van der Waals surface area contributed by atoms with E-state index in [1.54, 1.807) is 18.2 Å². The summed E-state index contributed by atoms with van der Waals surface area (Å²) >= 11 is 6.26. The van der Waals surface area contributed by atoms with Gasteiger partial charge in [-0.05, 0) is 65.6 Å². The Hall–Kier alpha value is -3.07. The lowest BCUT2D eigenvalue weighted by molar-refractivity contribution is -0.274. The molecule has 9 heteroatoms. The molecule has 0 radical (unpaired) electrons. The molecule has 5 rings (SSSR count). The molecule has 4 nitrogen and oxygen atoms in total. The van der Waals surface area contributed by atoms with Crippen molar-refractivity contribution in [1.29, 1.82) is 0 Å². The van der Waals surface area contributed by atoms with Crippen LogP contribution in [0.1, 0.15) is 30.9 Å². The Morgan fingerprint density at radius 3 is 2.25 bits per heavy atom. The zero-order valence-corrected chi connectivity index (χ0v) is 23.1. The third-order valence-corrected chi connectivity index (χ3v) is 7.74. The lowest BCUT2D eigenvalue weighted by atomic mass is 10.0. The molecule has 1 aliphatic rings. The van der Waals surface area contributed by atoms with Gasteiger partial charge in [0, 0.05) is 73.5 Å². The standard InChI is InChI=1S/C31H32ClF4N3O/c1-2-3-12-39-21-28(23-5-8-26(9-6-23)40-31(34,35)36)27-17-22(4-11-30(27)39)19-37-13-15-38(16-14-37)20-24-18-25(33)7-10-29(24)32/h4-11,17-18,21H,2-3,12-16,19-20H2,1H3. The second-order valence-corrected chi connectivity index (χ2v) is 10.7. The molecular formula is C31H32ClF4N3O. The smallest absolute Gasteiger partial charge is 0.406 e. The van der Waals surface area contributed by atoms with E-state index in [4.69, 9.17) is 11.6 Å². The van der Waals surface area contributed by atoms with E-state index in [9.17, 15) is 17.6 Å². The number of rotatable bonds is 9.